The molecule has 7 heteroatoms. The second-order valence-corrected chi connectivity index (χ2v) is 6.91. The van der Waals surface area contributed by atoms with Gasteiger partial charge >= 0.3 is 0 Å². The Bertz CT molecular complexity index is 981. The summed E-state index contributed by atoms with van der Waals surface area (Å²) in [5.41, 5.74) is 3.77. The van der Waals surface area contributed by atoms with E-state index in [4.69, 9.17) is 0 Å². The lowest BCUT2D eigenvalue weighted by molar-refractivity contribution is -0.114. The minimum absolute atomic E-state index is 0.126. The maximum Gasteiger partial charge on any atom is 0.258 e. The summed E-state index contributed by atoms with van der Waals surface area (Å²) >= 11 is 0. The summed E-state index contributed by atoms with van der Waals surface area (Å²) in [6.45, 7) is 5.70. The molecule has 0 aliphatic heterocycles. The molecule has 0 saturated heterocycles. The Kier molecular flexibility index (Phi) is 6.19. The third kappa shape index (κ3) is 5.62. The number of nitrogens with one attached hydrogen (secondary N) is 3. The third-order valence-electron chi connectivity index (χ3n) is 4.21. The van der Waals surface area contributed by atoms with Crippen molar-refractivity contribution in [3.63, 3.8) is 0 Å². The van der Waals surface area contributed by atoms with E-state index in [1.165, 1.54) is 24.9 Å². The molecule has 0 unspecified atom stereocenters. The molecule has 148 valence electrons. The molecule has 3 N–H and O–H groups in total. The Morgan fingerprint density at radius 1 is 0.793 bits per heavy atom. The number of carbonyl (C=O) groups excluding carboxylic acids is 2. The molecule has 1 aromatic heterocycles. The first kappa shape index (κ1) is 20.0. The van der Waals surface area contributed by atoms with Crippen LogP contribution >= 0.6 is 0 Å². The van der Waals surface area contributed by atoms with Crippen LogP contribution in [0.25, 0.3) is 0 Å². The lowest BCUT2D eigenvalue weighted by Crippen LogP contribution is -2.13. The van der Waals surface area contributed by atoms with E-state index >= 15 is 0 Å². The van der Waals surface area contributed by atoms with Crippen LogP contribution in [0, 0.1) is 0 Å². The summed E-state index contributed by atoms with van der Waals surface area (Å²) in [5.74, 6) is 0.414. The first-order valence-corrected chi connectivity index (χ1v) is 9.29. The van der Waals surface area contributed by atoms with Crippen molar-refractivity contribution in [2.45, 2.75) is 26.7 Å². The highest BCUT2D eigenvalue weighted by Gasteiger charge is 2.09. The van der Waals surface area contributed by atoms with Crippen molar-refractivity contribution in [3.8, 4) is 0 Å². The standard InChI is InChI=1S/C22H23N5O2/c1-14(2)16-4-6-19(7-5-16)26-21(29)17-12-23-22(24-13-17)27-20-10-8-18(9-11-20)25-15(3)28/h4-14H,1-3H3,(H,25,28)(H,26,29)(H,23,24,27). The van der Waals surface area contributed by atoms with Crippen LogP contribution in [-0.2, 0) is 4.79 Å². The smallest absolute Gasteiger partial charge is 0.258 e. The van der Waals surface area contributed by atoms with Crippen molar-refractivity contribution in [1.82, 2.24) is 9.97 Å². The van der Waals surface area contributed by atoms with Crippen LogP contribution in [0.4, 0.5) is 23.0 Å². The summed E-state index contributed by atoms with van der Waals surface area (Å²) in [4.78, 5) is 31.8. The second-order valence-electron chi connectivity index (χ2n) is 6.91. The summed E-state index contributed by atoms with van der Waals surface area (Å²) in [6, 6.07) is 14.9. The molecule has 0 bridgehead atoms. The van der Waals surface area contributed by atoms with Gasteiger partial charge in [0.25, 0.3) is 5.91 Å². The number of hydrogen-bond donors (Lipinski definition) is 3. The predicted octanol–water partition coefficient (Wildman–Crippen LogP) is 4.55. The molecule has 0 saturated carbocycles. The molecule has 0 aliphatic rings. The van der Waals surface area contributed by atoms with E-state index in [1.807, 2.05) is 24.3 Å². The molecule has 2 amide bonds. The number of hydrogen-bond acceptors (Lipinski definition) is 5. The summed E-state index contributed by atoms with van der Waals surface area (Å²) in [6.07, 6.45) is 2.94. The maximum absolute atomic E-state index is 12.4. The first-order valence-electron chi connectivity index (χ1n) is 9.29. The molecule has 0 fully saturated rings. The molecule has 0 spiro atoms. The topological polar surface area (TPSA) is 96.0 Å². The minimum atomic E-state index is -0.270. The average molecular weight is 389 g/mol. The van der Waals surface area contributed by atoms with Gasteiger partial charge in [0.15, 0.2) is 0 Å². The van der Waals surface area contributed by atoms with Crippen LogP contribution in [0.2, 0.25) is 0 Å². The number of amides is 2. The highest BCUT2D eigenvalue weighted by Crippen LogP contribution is 2.19. The average Bonchev–Trinajstić information content (AvgIpc) is 2.70. The SMILES string of the molecule is CC(=O)Nc1ccc(Nc2ncc(C(=O)Nc3ccc(C(C)C)cc3)cn2)cc1. The quantitative estimate of drug-likeness (QED) is 0.575. The van der Waals surface area contributed by atoms with Crippen LogP contribution in [0.1, 0.15) is 42.6 Å². The fourth-order valence-corrected chi connectivity index (χ4v) is 2.63. The van der Waals surface area contributed by atoms with E-state index in [9.17, 15) is 9.59 Å². The van der Waals surface area contributed by atoms with Gasteiger partial charge in [0.05, 0.1) is 5.56 Å². The van der Waals surface area contributed by atoms with Crippen LogP contribution in [0.5, 0.6) is 0 Å². The lowest BCUT2D eigenvalue weighted by atomic mass is 10.0. The maximum atomic E-state index is 12.4. The van der Waals surface area contributed by atoms with Crippen molar-refractivity contribution < 1.29 is 9.59 Å². The normalized spacial score (nSPS) is 10.5. The number of rotatable bonds is 6. The molecule has 0 atom stereocenters. The molecule has 1 heterocycles. The Hall–Kier alpha value is -3.74. The monoisotopic (exact) mass is 389 g/mol. The fraction of sp³-hybridized carbons (Fsp3) is 0.182. The second kappa shape index (κ2) is 8.97. The van der Waals surface area contributed by atoms with E-state index < -0.39 is 0 Å². The number of anilines is 4. The van der Waals surface area contributed by atoms with Gasteiger partial charge in [0, 0.05) is 36.4 Å². The van der Waals surface area contributed by atoms with Gasteiger partial charge in [-0.2, -0.15) is 0 Å². The highest BCUT2D eigenvalue weighted by atomic mass is 16.2. The molecular weight excluding hydrogens is 366 g/mol. The fourth-order valence-electron chi connectivity index (χ4n) is 2.63. The van der Waals surface area contributed by atoms with Gasteiger partial charge in [-0.1, -0.05) is 26.0 Å². The Morgan fingerprint density at radius 3 is 1.86 bits per heavy atom. The summed E-state index contributed by atoms with van der Waals surface area (Å²) in [7, 11) is 0. The number of benzene rings is 2. The molecule has 0 radical (unpaired) electrons. The zero-order valence-electron chi connectivity index (χ0n) is 16.6. The Balaban J connectivity index is 1.60. The van der Waals surface area contributed by atoms with Crippen LogP contribution in [0.3, 0.4) is 0 Å². The van der Waals surface area contributed by atoms with Crippen LogP contribution in [0.15, 0.2) is 60.9 Å². The molecule has 3 rings (SSSR count). The Labute approximate surface area is 169 Å². The molecule has 0 aliphatic carbocycles. The first-order chi connectivity index (χ1) is 13.9. The van der Waals surface area contributed by atoms with Crippen molar-refractivity contribution in [3.05, 3.63) is 72.1 Å². The third-order valence-corrected chi connectivity index (χ3v) is 4.21. The Morgan fingerprint density at radius 2 is 1.31 bits per heavy atom. The van der Waals surface area contributed by atoms with E-state index in [1.54, 1.807) is 24.3 Å². The van der Waals surface area contributed by atoms with Gasteiger partial charge in [-0.3, -0.25) is 9.59 Å². The van der Waals surface area contributed by atoms with Gasteiger partial charge in [0.1, 0.15) is 0 Å². The van der Waals surface area contributed by atoms with Crippen molar-refractivity contribution >= 4 is 34.8 Å². The van der Waals surface area contributed by atoms with Gasteiger partial charge in [-0.05, 0) is 47.9 Å². The lowest BCUT2D eigenvalue weighted by Gasteiger charge is -2.09. The molecule has 2 aromatic carbocycles. The van der Waals surface area contributed by atoms with Crippen molar-refractivity contribution in [2.75, 3.05) is 16.0 Å². The zero-order chi connectivity index (χ0) is 20.8. The summed E-state index contributed by atoms with van der Waals surface area (Å²) < 4.78 is 0. The predicted molar refractivity (Wildman–Crippen MR) is 115 cm³/mol. The van der Waals surface area contributed by atoms with Gasteiger partial charge in [-0.15, -0.1) is 0 Å². The van der Waals surface area contributed by atoms with Gasteiger partial charge in [0.2, 0.25) is 11.9 Å². The van der Waals surface area contributed by atoms with Crippen LogP contribution in [-0.4, -0.2) is 21.8 Å². The largest absolute Gasteiger partial charge is 0.326 e. The molecular formula is C22H23N5O2. The van der Waals surface area contributed by atoms with Crippen molar-refractivity contribution in [1.29, 1.82) is 0 Å². The molecule has 29 heavy (non-hydrogen) atoms. The number of aromatic nitrogens is 2. The molecule has 7 nitrogen and oxygen atoms in total. The van der Waals surface area contributed by atoms with E-state index in [0.29, 0.717) is 23.1 Å². The van der Waals surface area contributed by atoms with E-state index in [-0.39, 0.29) is 11.8 Å². The number of nitrogens with zero attached hydrogens (tertiary/aromatic N) is 2. The zero-order valence-corrected chi connectivity index (χ0v) is 16.6. The van der Waals surface area contributed by atoms with Gasteiger partial charge < -0.3 is 16.0 Å². The van der Waals surface area contributed by atoms with Crippen molar-refractivity contribution in [2.24, 2.45) is 0 Å². The molecule has 3 aromatic rings. The van der Waals surface area contributed by atoms with E-state index in [0.717, 1.165) is 11.4 Å². The minimum Gasteiger partial charge on any atom is -0.326 e. The van der Waals surface area contributed by atoms with Gasteiger partial charge in [-0.25, -0.2) is 9.97 Å². The van der Waals surface area contributed by atoms with E-state index in [2.05, 4.69) is 39.8 Å². The summed E-state index contributed by atoms with van der Waals surface area (Å²) in [5, 5.41) is 8.59. The highest BCUT2D eigenvalue weighted by molar-refractivity contribution is 6.03. The van der Waals surface area contributed by atoms with Crippen LogP contribution < -0.4 is 16.0 Å². The number of carbonyl (C=O) groups is 2.